The second-order valence-electron chi connectivity index (χ2n) is 7.25. The van der Waals surface area contributed by atoms with Crippen LogP contribution in [-0.2, 0) is 0 Å². The molecular weight excluding hydrogens is 338 g/mol. The number of hydrogen-bond acceptors (Lipinski definition) is 2. The monoisotopic (exact) mass is 370 g/mol. The molecule has 0 atom stereocenters. The maximum absolute atomic E-state index is 12.1. The predicted molar refractivity (Wildman–Crippen MR) is 101 cm³/mol. The van der Waals surface area contributed by atoms with Crippen molar-refractivity contribution in [2.24, 2.45) is 5.92 Å². The van der Waals surface area contributed by atoms with Crippen LogP contribution in [0.15, 0.2) is 24.3 Å². The zero-order valence-electron chi connectivity index (χ0n) is 15.4. The average molecular weight is 371 g/mol. The summed E-state index contributed by atoms with van der Waals surface area (Å²) in [5.74, 6) is 1.88. The fourth-order valence-corrected chi connectivity index (χ4v) is 6.59. The van der Waals surface area contributed by atoms with Gasteiger partial charge in [0.25, 0.3) is 0 Å². The normalized spacial score (nSPS) is 20.6. The Morgan fingerprint density at radius 3 is 2.28 bits per heavy atom. The van der Waals surface area contributed by atoms with Crippen LogP contribution in [0.3, 0.4) is 0 Å². The Morgan fingerprint density at radius 2 is 1.64 bits per heavy atom. The Hall–Kier alpha value is -1.10. The van der Waals surface area contributed by atoms with Gasteiger partial charge in [0.05, 0.1) is 15.0 Å². The lowest BCUT2D eigenvalue weighted by atomic mass is 9.95. The van der Waals surface area contributed by atoms with Crippen LogP contribution in [0.1, 0.15) is 58.3 Å². The molecule has 5 heteroatoms. The summed E-state index contributed by atoms with van der Waals surface area (Å²) in [7, 11) is -0.796. The van der Waals surface area contributed by atoms with Crippen LogP contribution in [0.4, 0.5) is 8.78 Å². The van der Waals surface area contributed by atoms with Gasteiger partial charge in [-0.15, -0.1) is 0 Å². The fourth-order valence-electron chi connectivity index (χ4n) is 3.65. The van der Waals surface area contributed by atoms with Gasteiger partial charge >= 0.3 is 6.61 Å². The molecule has 1 aromatic carbocycles. The maximum Gasteiger partial charge on any atom is 0.387 e. The molecule has 0 saturated carbocycles. The molecule has 2 nitrogen and oxygen atoms in total. The molecule has 0 amide bonds. The van der Waals surface area contributed by atoms with Crippen LogP contribution in [0, 0.1) is 5.92 Å². The largest absolute Gasteiger partial charge is 0.498 e. The van der Waals surface area contributed by atoms with Crippen molar-refractivity contribution in [2.45, 2.75) is 77.0 Å². The number of ether oxygens (including phenoxy) is 2. The van der Waals surface area contributed by atoms with E-state index in [0.29, 0.717) is 0 Å². The van der Waals surface area contributed by atoms with E-state index >= 15 is 0 Å². The Balaban J connectivity index is 1.59. The van der Waals surface area contributed by atoms with Crippen LogP contribution in [-0.4, -0.2) is 21.6 Å². The zero-order valence-corrected chi connectivity index (χ0v) is 16.5. The molecule has 0 spiro atoms. The maximum atomic E-state index is 12.1. The van der Waals surface area contributed by atoms with Gasteiger partial charge in [-0.05, 0) is 30.2 Å². The molecule has 1 saturated heterocycles. The highest BCUT2D eigenvalue weighted by atomic mass is 28.3. The lowest BCUT2D eigenvalue weighted by Gasteiger charge is -2.27. The summed E-state index contributed by atoms with van der Waals surface area (Å²) in [4.78, 5) is 0. The number of benzene rings is 1. The van der Waals surface area contributed by atoms with Gasteiger partial charge in [0, 0.05) is 0 Å². The Labute approximate surface area is 152 Å². The van der Waals surface area contributed by atoms with Crippen LogP contribution in [0.25, 0.3) is 0 Å². The van der Waals surface area contributed by atoms with Gasteiger partial charge in [-0.1, -0.05) is 70.4 Å². The number of halogens is 2. The molecule has 0 aromatic heterocycles. The number of hydrogen-bond donors (Lipinski definition) is 0. The fraction of sp³-hybridized carbons (Fsp3) is 0.700. The summed E-state index contributed by atoms with van der Waals surface area (Å²) in [6.07, 6.45) is 11.9. The number of alkyl halides is 2. The molecular formula is C20H32F2O2Si. The van der Waals surface area contributed by atoms with Crippen LogP contribution in [0.2, 0.25) is 12.1 Å². The van der Waals surface area contributed by atoms with Crippen molar-refractivity contribution >= 4 is 8.80 Å². The molecule has 2 rings (SSSR count). The first-order chi connectivity index (χ1) is 12.2. The zero-order chi connectivity index (χ0) is 17.9. The van der Waals surface area contributed by atoms with Crippen molar-refractivity contribution in [1.82, 2.24) is 0 Å². The summed E-state index contributed by atoms with van der Waals surface area (Å²) in [6.45, 7) is -0.513. The second-order valence-corrected chi connectivity index (χ2v) is 10.5. The molecule has 0 N–H and O–H groups in total. The van der Waals surface area contributed by atoms with E-state index < -0.39 is 15.4 Å². The van der Waals surface area contributed by atoms with Gasteiger partial charge in [-0.2, -0.15) is 8.78 Å². The molecule has 0 radical (unpaired) electrons. The summed E-state index contributed by atoms with van der Waals surface area (Å²) in [5, 5.41) is 0. The minimum atomic E-state index is -2.78. The third-order valence-corrected chi connectivity index (χ3v) is 8.15. The van der Waals surface area contributed by atoms with Gasteiger partial charge in [-0.25, -0.2) is 0 Å². The SMILES string of the molecule is CCCCCCC[C@H]1CC[Si@H](COc2ccc(OC(F)F)cc2)CC1. The van der Waals surface area contributed by atoms with Crippen molar-refractivity contribution in [1.29, 1.82) is 0 Å². The third kappa shape index (κ3) is 8.21. The lowest BCUT2D eigenvalue weighted by molar-refractivity contribution is -0.0498. The van der Waals surface area contributed by atoms with Crippen molar-refractivity contribution in [3.63, 3.8) is 0 Å². The van der Waals surface area contributed by atoms with E-state index in [0.717, 1.165) is 17.9 Å². The number of rotatable bonds is 11. The molecule has 0 bridgehead atoms. The highest BCUT2D eigenvalue weighted by Crippen LogP contribution is 2.30. The molecule has 1 heterocycles. The minimum absolute atomic E-state index is 0.180. The van der Waals surface area contributed by atoms with Crippen LogP contribution >= 0.6 is 0 Å². The van der Waals surface area contributed by atoms with E-state index in [1.807, 2.05) is 0 Å². The summed E-state index contributed by atoms with van der Waals surface area (Å²) in [6, 6.07) is 9.28. The summed E-state index contributed by atoms with van der Waals surface area (Å²) in [5.41, 5.74) is 0. The molecule has 25 heavy (non-hydrogen) atoms. The lowest BCUT2D eigenvalue weighted by Crippen LogP contribution is -2.28. The Kier molecular flexibility index (Phi) is 9.30. The number of unbranched alkanes of at least 4 members (excludes halogenated alkanes) is 4. The van der Waals surface area contributed by atoms with Gasteiger partial charge in [0.2, 0.25) is 0 Å². The van der Waals surface area contributed by atoms with Crippen molar-refractivity contribution in [3.05, 3.63) is 24.3 Å². The van der Waals surface area contributed by atoms with E-state index in [9.17, 15) is 8.78 Å². The third-order valence-electron chi connectivity index (χ3n) is 5.22. The quantitative estimate of drug-likeness (QED) is 0.341. The second kappa shape index (κ2) is 11.5. The summed E-state index contributed by atoms with van der Waals surface area (Å²) < 4.78 is 34.5. The topological polar surface area (TPSA) is 18.5 Å². The van der Waals surface area contributed by atoms with Gasteiger partial charge in [0.15, 0.2) is 0 Å². The first kappa shape index (κ1) is 20.2. The first-order valence-corrected chi connectivity index (χ1v) is 12.3. The summed E-state index contributed by atoms with van der Waals surface area (Å²) >= 11 is 0. The molecule has 142 valence electrons. The van der Waals surface area contributed by atoms with Crippen molar-refractivity contribution < 1.29 is 18.3 Å². The molecule has 1 aliphatic rings. The first-order valence-electron chi connectivity index (χ1n) is 9.85. The van der Waals surface area contributed by atoms with Gasteiger partial charge < -0.3 is 9.47 Å². The van der Waals surface area contributed by atoms with Gasteiger partial charge in [0.1, 0.15) is 11.5 Å². The molecule has 0 aliphatic carbocycles. The van der Waals surface area contributed by atoms with E-state index in [1.165, 1.54) is 63.5 Å². The van der Waals surface area contributed by atoms with Crippen molar-refractivity contribution in [2.75, 3.05) is 6.23 Å². The van der Waals surface area contributed by atoms with E-state index in [1.54, 1.807) is 24.3 Å². The minimum Gasteiger partial charge on any atom is -0.498 e. The standard InChI is InChI=1S/C20H32F2O2Si/c1-2-3-4-5-6-7-17-12-14-25(15-13-17)16-23-18-8-10-19(11-9-18)24-20(21)22/h8-11,17,20,25H,2-7,12-16H2,1H3/t17-,25-. The van der Waals surface area contributed by atoms with E-state index in [2.05, 4.69) is 11.7 Å². The van der Waals surface area contributed by atoms with E-state index in [-0.39, 0.29) is 5.75 Å². The van der Waals surface area contributed by atoms with E-state index in [4.69, 9.17) is 4.74 Å². The smallest absolute Gasteiger partial charge is 0.387 e. The van der Waals surface area contributed by atoms with Gasteiger partial charge in [-0.3, -0.25) is 0 Å². The van der Waals surface area contributed by atoms with Crippen molar-refractivity contribution in [3.8, 4) is 11.5 Å². The molecule has 1 aliphatic heterocycles. The van der Waals surface area contributed by atoms with Crippen LogP contribution in [0.5, 0.6) is 11.5 Å². The predicted octanol–water partition coefficient (Wildman–Crippen LogP) is 6.20. The molecule has 1 fully saturated rings. The Bertz CT molecular complexity index is 459. The highest BCUT2D eigenvalue weighted by Gasteiger charge is 2.22. The Morgan fingerprint density at radius 1 is 1.00 bits per heavy atom. The molecule has 1 aromatic rings. The molecule has 0 unspecified atom stereocenters. The average Bonchev–Trinajstić information content (AvgIpc) is 2.61. The highest BCUT2D eigenvalue weighted by molar-refractivity contribution is 6.58. The van der Waals surface area contributed by atoms with Crippen LogP contribution < -0.4 is 9.47 Å².